The topological polar surface area (TPSA) is 20.3 Å². The summed E-state index contributed by atoms with van der Waals surface area (Å²) in [6.07, 6.45) is 5.94. The number of thioether (sulfide) groups is 1. The molecular formula is C11H15NOS2. The SMILES string of the molecule is CCN1C(=O)C(=C2CCCCC2)SC1=S. The fourth-order valence-corrected chi connectivity index (χ4v) is 3.60. The summed E-state index contributed by atoms with van der Waals surface area (Å²) in [5.41, 5.74) is 1.34. The number of likely N-dealkylation sites (N-methyl/N-ethyl adjacent to an activating group) is 1. The Hall–Kier alpha value is -0.350. The van der Waals surface area contributed by atoms with E-state index in [-0.39, 0.29) is 5.91 Å². The normalized spacial score (nSPS) is 22.9. The van der Waals surface area contributed by atoms with Gasteiger partial charge in [0.1, 0.15) is 4.32 Å². The Morgan fingerprint density at radius 3 is 2.53 bits per heavy atom. The molecule has 1 saturated heterocycles. The van der Waals surface area contributed by atoms with Crippen molar-refractivity contribution in [3.05, 3.63) is 10.5 Å². The van der Waals surface area contributed by atoms with Crippen LogP contribution in [0.2, 0.25) is 0 Å². The Balaban J connectivity index is 2.23. The van der Waals surface area contributed by atoms with Crippen molar-refractivity contribution >= 4 is 34.2 Å². The molecule has 0 atom stereocenters. The third-order valence-corrected chi connectivity index (χ3v) is 4.48. The summed E-state index contributed by atoms with van der Waals surface area (Å²) in [6.45, 7) is 2.67. The van der Waals surface area contributed by atoms with Crippen molar-refractivity contribution in [3.8, 4) is 0 Å². The molecule has 0 radical (unpaired) electrons. The van der Waals surface area contributed by atoms with Gasteiger partial charge in [0.2, 0.25) is 0 Å². The molecule has 1 aliphatic heterocycles. The van der Waals surface area contributed by atoms with Crippen LogP contribution in [0.5, 0.6) is 0 Å². The van der Waals surface area contributed by atoms with Crippen LogP contribution in [0, 0.1) is 0 Å². The van der Waals surface area contributed by atoms with E-state index in [9.17, 15) is 4.79 Å². The van der Waals surface area contributed by atoms with E-state index in [4.69, 9.17) is 12.2 Å². The lowest BCUT2D eigenvalue weighted by Gasteiger charge is -2.15. The molecule has 2 aliphatic rings. The lowest BCUT2D eigenvalue weighted by Crippen LogP contribution is -2.27. The minimum absolute atomic E-state index is 0.143. The summed E-state index contributed by atoms with van der Waals surface area (Å²) in [4.78, 5) is 14.6. The van der Waals surface area contributed by atoms with E-state index >= 15 is 0 Å². The number of rotatable bonds is 1. The Bertz CT molecular complexity index is 327. The van der Waals surface area contributed by atoms with Gasteiger partial charge in [0, 0.05) is 6.54 Å². The first kappa shape index (κ1) is 11.1. The van der Waals surface area contributed by atoms with Crippen molar-refractivity contribution in [2.75, 3.05) is 6.54 Å². The molecular weight excluding hydrogens is 226 g/mol. The van der Waals surface area contributed by atoms with Gasteiger partial charge in [-0.3, -0.25) is 9.69 Å². The highest BCUT2D eigenvalue weighted by atomic mass is 32.2. The van der Waals surface area contributed by atoms with E-state index in [0.29, 0.717) is 6.54 Å². The van der Waals surface area contributed by atoms with Crippen LogP contribution < -0.4 is 0 Å². The van der Waals surface area contributed by atoms with E-state index in [2.05, 4.69) is 0 Å². The maximum Gasteiger partial charge on any atom is 0.266 e. The van der Waals surface area contributed by atoms with Gasteiger partial charge >= 0.3 is 0 Å². The Morgan fingerprint density at radius 2 is 2.00 bits per heavy atom. The highest BCUT2D eigenvalue weighted by Gasteiger charge is 2.33. The van der Waals surface area contributed by atoms with Gasteiger partial charge in [-0.25, -0.2) is 0 Å². The van der Waals surface area contributed by atoms with Crippen molar-refractivity contribution in [1.29, 1.82) is 0 Å². The van der Waals surface area contributed by atoms with Crippen LogP contribution in [0.1, 0.15) is 39.0 Å². The molecule has 1 heterocycles. The molecule has 1 aliphatic carbocycles. The third-order valence-electron chi connectivity index (χ3n) is 2.94. The average molecular weight is 241 g/mol. The predicted octanol–water partition coefficient (Wildman–Crippen LogP) is 3.08. The van der Waals surface area contributed by atoms with Crippen LogP contribution >= 0.6 is 24.0 Å². The highest BCUT2D eigenvalue weighted by Crippen LogP contribution is 2.38. The molecule has 0 aromatic heterocycles. The fraction of sp³-hybridized carbons (Fsp3) is 0.636. The number of carbonyl (C=O) groups excluding carboxylic acids is 1. The smallest absolute Gasteiger partial charge is 0.266 e. The molecule has 0 aromatic carbocycles. The van der Waals surface area contributed by atoms with Gasteiger partial charge in [-0.05, 0) is 32.6 Å². The standard InChI is InChI=1S/C11H15NOS2/c1-2-12-10(13)9(15-11(12)14)8-6-4-3-5-7-8/h2-7H2,1H3. The van der Waals surface area contributed by atoms with Crippen molar-refractivity contribution < 1.29 is 4.79 Å². The number of hydrogen-bond acceptors (Lipinski definition) is 3. The Kier molecular flexibility index (Phi) is 3.46. The highest BCUT2D eigenvalue weighted by molar-refractivity contribution is 8.26. The monoisotopic (exact) mass is 241 g/mol. The van der Waals surface area contributed by atoms with Gasteiger partial charge in [-0.1, -0.05) is 36.0 Å². The largest absolute Gasteiger partial charge is 0.293 e. The third kappa shape index (κ3) is 2.11. The van der Waals surface area contributed by atoms with Crippen molar-refractivity contribution in [2.24, 2.45) is 0 Å². The summed E-state index contributed by atoms with van der Waals surface area (Å²) in [7, 11) is 0. The molecule has 0 N–H and O–H groups in total. The van der Waals surface area contributed by atoms with E-state index in [1.54, 1.807) is 4.90 Å². The fourth-order valence-electron chi connectivity index (χ4n) is 2.09. The van der Waals surface area contributed by atoms with Gasteiger partial charge in [0.05, 0.1) is 4.91 Å². The number of carbonyl (C=O) groups is 1. The molecule has 1 saturated carbocycles. The zero-order valence-electron chi connectivity index (χ0n) is 8.91. The summed E-state index contributed by atoms with van der Waals surface area (Å²) >= 11 is 6.70. The van der Waals surface area contributed by atoms with Gasteiger partial charge in [-0.15, -0.1) is 0 Å². The van der Waals surface area contributed by atoms with Crippen molar-refractivity contribution in [2.45, 2.75) is 39.0 Å². The number of nitrogens with zero attached hydrogens (tertiary/aromatic N) is 1. The zero-order chi connectivity index (χ0) is 10.8. The minimum Gasteiger partial charge on any atom is -0.293 e. The molecule has 0 bridgehead atoms. The maximum atomic E-state index is 12.0. The van der Waals surface area contributed by atoms with Gasteiger partial charge in [0.25, 0.3) is 5.91 Å². The lowest BCUT2D eigenvalue weighted by molar-refractivity contribution is -0.122. The first-order chi connectivity index (χ1) is 7.24. The predicted molar refractivity (Wildman–Crippen MR) is 67.7 cm³/mol. The van der Waals surface area contributed by atoms with Crippen LogP contribution in [0.25, 0.3) is 0 Å². The van der Waals surface area contributed by atoms with Crippen LogP contribution in [-0.2, 0) is 4.79 Å². The zero-order valence-corrected chi connectivity index (χ0v) is 10.5. The second-order valence-corrected chi connectivity index (χ2v) is 5.55. The number of thiocarbonyl (C=S) groups is 1. The molecule has 2 fully saturated rings. The van der Waals surface area contributed by atoms with Gasteiger partial charge < -0.3 is 0 Å². The molecule has 82 valence electrons. The molecule has 0 aromatic rings. The Labute approximate surface area is 100 Å². The molecule has 2 nitrogen and oxygen atoms in total. The van der Waals surface area contributed by atoms with E-state index < -0.39 is 0 Å². The van der Waals surface area contributed by atoms with Crippen molar-refractivity contribution in [1.82, 2.24) is 4.90 Å². The number of amides is 1. The second kappa shape index (κ2) is 4.66. The van der Waals surface area contributed by atoms with Crippen molar-refractivity contribution in [3.63, 3.8) is 0 Å². The molecule has 4 heteroatoms. The van der Waals surface area contributed by atoms with Crippen LogP contribution in [-0.4, -0.2) is 21.7 Å². The Morgan fingerprint density at radius 1 is 1.33 bits per heavy atom. The summed E-state index contributed by atoms with van der Waals surface area (Å²) < 4.78 is 0.732. The maximum absolute atomic E-state index is 12.0. The minimum atomic E-state index is 0.143. The summed E-state index contributed by atoms with van der Waals surface area (Å²) in [6, 6.07) is 0. The van der Waals surface area contributed by atoms with E-state index in [1.807, 2.05) is 6.92 Å². The summed E-state index contributed by atoms with van der Waals surface area (Å²) in [5.74, 6) is 0.143. The second-order valence-electron chi connectivity index (χ2n) is 3.91. The quantitative estimate of drug-likeness (QED) is 0.520. The first-order valence-electron chi connectivity index (χ1n) is 5.49. The van der Waals surface area contributed by atoms with E-state index in [0.717, 1.165) is 22.1 Å². The summed E-state index contributed by atoms with van der Waals surface area (Å²) in [5, 5.41) is 0. The lowest BCUT2D eigenvalue weighted by atomic mass is 9.94. The first-order valence-corrected chi connectivity index (χ1v) is 6.72. The average Bonchev–Trinajstić information content (AvgIpc) is 2.55. The van der Waals surface area contributed by atoms with Crippen LogP contribution in [0.3, 0.4) is 0 Å². The molecule has 1 amide bonds. The molecule has 0 spiro atoms. The number of allylic oxidation sites excluding steroid dienone is 1. The van der Waals surface area contributed by atoms with Crippen LogP contribution in [0.4, 0.5) is 0 Å². The van der Waals surface area contributed by atoms with Gasteiger partial charge in [-0.2, -0.15) is 0 Å². The number of hydrogen-bond donors (Lipinski definition) is 0. The van der Waals surface area contributed by atoms with E-state index in [1.165, 1.54) is 36.6 Å². The molecule has 2 rings (SSSR count). The van der Waals surface area contributed by atoms with Crippen LogP contribution in [0.15, 0.2) is 10.5 Å². The van der Waals surface area contributed by atoms with Gasteiger partial charge in [0.15, 0.2) is 0 Å². The molecule has 0 unspecified atom stereocenters. The molecule has 15 heavy (non-hydrogen) atoms.